The van der Waals surface area contributed by atoms with Gasteiger partial charge in [-0.25, -0.2) is 0 Å². The molecule has 3 rings (SSSR count). The predicted molar refractivity (Wildman–Crippen MR) is 75.9 cm³/mol. The number of likely N-dealkylation sites (tertiary alicyclic amines) is 1. The topological polar surface area (TPSA) is 18.5 Å². The molecule has 104 valence electrons. The number of rotatable bonds is 2. The van der Waals surface area contributed by atoms with E-state index in [-0.39, 0.29) is 0 Å². The second-order valence-electron chi connectivity index (χ2n) is 6.82. The third-order valence-electron chi connectivity index (χ3n) is 5.52. The molecule has 3 aliphatic heterocycles. The predicted octanol–water partition coefficient (Wildman–Crippen LogP) is 1.69. The molecule has 3 aliphatic rings. The Morgan fingerprint density at radius 2 is 1.67 bits per heavy atom. The van der Waals surface area contributed by atoms with Crippen molar-refractivity contribution >= 4 is 0 Å². The van der Waals surface area contributed by atoms with Gasteiger partial charge in [-0.15, -0.1) is 0 Å². The highest BCUT2D eigenvalue weighted by molar-refractivity contribution is 4.96. The van der Waals surface area contributed by atoms with Crippen LogP contribution >= 0.6 is 0 Å². The maximum Gasteiger partial charge on any atom is 0.0125 e. The molecule has 3 saturated heterocycles. The molecule has 0 aliphatic carbocycles. The summed E-state index contributed by atoms with van der Waals surface area (Å²) in [6.45, 7) is 2.58. The van der Waals surface area contributed by atoms with Gasteiger partial charge in [0.15, 0.2) is 0 Å². The Labute approximate surface area is 112 Å². The fourth-order valence-electron chi connectivity index (χ4n) is 4.29. The summed E-state index contributed by atoms with van der Waals surface area (Å²) in [7, 11) is 4.67. The molecule has 3 nitrogen and oxygen atoms in total. The van der Waals surface area contributed by atoms with Gasteiger partial charge < -0.3 is 15.1 Å². The van der Waals surface area contributed by atoms with Crippen LogP contribution in [0.2, 0.25) is 0 Å². The summed E-state index contributed by atoms with van der Waals surface area (Å²) in [5.74, 6) is 0. The van der Waals surface area contributed by atoms with Crippen molar-refractivity contribution in [1.82, 2.24) is 15.1 Å². The first-order valence-electron chi connectivity index (χ1n) is 7.89. The number of nitrogens with one attached hydrogen (secondary N) is 1. The van der Waals surface area contributed by atoms with Crippen LogP contribution in [0.3, 0.4) is 0 Å². The maximum atomic E-state index is 3.76. The van der Waals surface area contributed by atoms with Crippen molar-refractivity contribution < 1.29 is 0 Å². The van der Waals surface area contributed by atoms with E-state index in [0.717, 1.165) is 24.2 Å². The third kappa shape index (κ3) is 2.73. The molecular weight excluding hydrogens is 222 g/mol. The van der Waals surface area contributed by atoms with E-state index in [1.807, 2.05) is 0 Å². The average Bonchev–Trinajstić information content (AvgIpc) is 2.59. The zero-order valence-corrected chi connectivity index (χ0v) is 12.1. The van der Waals surface area contributed by atoms with Crippen LogP contribution in [-0.2, 0) is 0 Å². The van der Waals surface area contributed by atoms with Crippen LogP contribution in [0.15, 0.2) is 0 Å². The van der Waals surface area contributed by atoms with Crippen LogP contribution in [0.25, 0.3) is 0 Å². The summed E-state index contributed by atoms with van der Waals surface area (Å²) in [6.07, 6.45) is 9.76. The van der Waals surface area contributed by atoms with E-state index in [1.165, 1.54) is 58.0 Å². The smallest absolute Gasteiger partial charge is 0.0125 e. The molecule has 3 atom stereocenters. The van der Waals surface area contributed by atoms with Crippen LogP contribution in [0, 0.1) is 0 Å². The highest BCUT2D eigenvalue weighted by atomic mass is 15.2. The fraction of sp³-hybridized carbons (Fsp3) is 1.00. The number of piperidine rings is 1. The lowest BCUT2D eigenvalue weighted by molar-refractivity contribution is 0.115. The second-order valence-corrected chi connectivity index (χ2v) is 6.82. The average molecular weight is 251 g/mol. The minimum absolute atomic E-state index is 0.824. The van der Waals surface area contributed by atoms with Gasteiger partial charge in [-0.2, -0.15) is 0 Å². The fourth-order valence-corrected chi connectivity index (χ4v) is 4.29. The lowest BCUT2D eigenvalue weighted by Crippen LogP contribution is -2.50. The molecule has 0 radical (unpaired) electrons. The van der Waals surface area contributed by atoms with Crippen molar-refractivity contribution in [2.45, 2.75) is 69.1 Å². The number of hydrogen-bond donors (Lipinski definition) is 1. The van der Waals surface area contributed by atoms with Crippen LogP contribution in [-0.4, -0.2) is 61.2 Å². The standard InChI is InChI=1S/C15H29N3/c1-17-8-3-4-14(7-9-17)18(2)15-10-12-5-6-13(11-15)16-12/h12-16H,3-11H2,1-2H3. The first-order chi connectivity index (χ1) is 8.72. The largest absolute Gasteiger partial charge is 0.311 e. The Kier molecular flexibility index (Phi) is 3.92. The summed E-state index contributed by atoms with van der Waals surface area (Å²) in [6, 6.07) is 3.32. The lowest BCUT2D eigenvalue weighted by atomic mass is 9.95. The molecule has 0 saturated carbocycles. The van der Waals surface area contributed by atoms with E-state index in [4.69, 9.17) is 0 Å². The molecular formula is C15H29N3. The molecule has 0 aromatic rings. The number of hydrogen-bond acceptors (Lipinski definition) is 3. The first-order valence-corrected chi connectivity index (χ1v) is 7.89. The monoisotopic (exact) mass is 251 g/mol. The van der Waals surface area contributed by atoms with Gasteiger partial charge in [-0.1, -0.05) is 0 Å². The van der Waals surface area contributed by atoms with E-state index in [9.17, 15) is 0 Å². The summed E-state index contributed by atoms with van der Waals surface area (Å²) < 4.78 is 0. The molecule has 0 aromatic carbocycles. The Morgan fingerprint density at radius 1 is 0.944 bits per heavy atom. The zero-order chi connectivity index (χ0) is 12.5. The summed E-state index contributed by atoms with van der Waals surface area (Å²) in [5, 5.41) is 3.76. The summed E-state index contributed by atoms with van der Waals surface area (Å²) in [4.78, 5) is 5.24. The van der Waals surface area contributed by atoms with Crippen molar-refractivity contribution in [1.29, 1.82) is 0 Å². The van der Waals surface area contributed by atoms with Gasteiger partial charge in [-0.3, -0.25) is 0 Å². The van der Waals surface area contributed by atoms with Gasteiger partial charge in [0.05, 0.1) is 0 Å². The Hall–Kier alpha value is -0.120. The Balaban J connectivity index is 1.58. The molecule has 3 unspecified atom stereocenters. The number of nitrogens with zero attached hydrogens (tertiary/aromatic N) is 2. The zero-order valence-electron chi connectivity index (χ0n) is 12.1. The van der Waals surface area contributed by atoms with Crippen molar-refractivity contribution in [3.8, 4) is 0 Å². The molecule has 0 aromatic heterocycles. The van der Waals surface area contributed by atoms with E-state index in [0.29, 0.717) is 0 Å². The van der Waals surface area contributed by atoms with Crippen LogP contribution in [0.4, 0.5) is 0 Å². The highest BCUT2D eigenvalue weighted by Gasteiger charge is 2.36. The quantitative estimate of drug-likeness (QED) is 0.806. The maximum absolute atomic E-state index is 3.76. The summed E-state index contributed by atoms with van der Waals surface area (Å²) in [5.41, 5.74) is 0. The lowest BCUT2D eigenvalue weighted by Gasteiger charge is -2.39. The van der Waals surface area contributed by atoms with Crippen LogP contribution in [0.1, 0.15) is 44.9 Å². The minimum Gasteiger partial charge on any atom is -0.311 e. The Morgan fingerprint density at radius 3 is 2.39 bits per heavy atom. The van der Waals surface area contributed by atoms with E-state index in [2.05, 4.69) is 29.2 Å². The SMILES string of the molecule is CN1CCCC(N(C)C2CC3CCC(C2)N3)CC1. The van der Waals surface area contributed by atoms with Crippen molar-refractivity contribution in [2.24, 2.45) is 0 Å². The van der Waals surface area contributed by atoms with Gasteiger partial charge in [-0.05, 0) is 72.1 Å². The first kappa shape index (κ1) is 12.9. The van der Waals surface area contributed by atoms with Gasteiger partial charge in [0.2, 0.25) is 0 Å². The normalized spacial score (nSPS) is 42.2. The second kappa shape index (κ2) is 5.48. The summed E-state index contributed by atoms with van der Waals surface area (Å²) >= 11 is 0. The third-order valence-corrected chi connectivity index (χ3v) is 5.52. The molecule has 3 fully saturated rings. The minimum atomic E-state index is 0.824. The van der Waals surface area contributed by atoms with Crippen molar-refractivity contribution in [3.05, 3.63) is 0 Å². The molecule has 2 bridgehead atoms. The van der Waals surface area contributed by atoms with Gasteiger partial charge in [0.25, 0.3) is 0 Å². The molecule has 0 spiro atoms. The van der Waals surface area contributed by atoms with Gasteiger partial charge in [0, 0.05) is 24.2 Å². The number of fused-ring (bicyclic) bond motifs is 2. The van der Waals surface area contributed by atoms with Gasteiger partial charge in [0.1, 0.15) is 0 Å². The van der Waals surface area contributed by atoms with E-state index < -0.39 is 0 Å². The molecule has 3 heteroatoms. The Bertz CT molecular complexity index is 269. The molecule has 1 N–H and O–H groups in total. The molecule has 3 heterocycles. The van der Waals surface area contributed by atoms with Gasteiger partial charge >= 0.3 is 0 Å². The molecule has 18 heavy (non-hydrogen) atoms. The van der Waals surface area contributed by atoms with Crippen molar-refractivity contribution in [3.63, 3.8) is 0 Å². The van der Waals surface area contributed by atoms with Crippen LogP contribution in [0.5, 0.6) is 0 Å². The molecule has 0 amide bonds. The van der Waals surface area contributed by atoms with Crippen molar-refractivity contribution in [2.75, 3.05) is 27.2 Å². The van der Waals surface area contributed by atoms with E-state index >= 15 is 0 Å². The van der Waals surface area contributed by atoms with Crippen LogP contribution < -0.4 is 5.32 Å². The highest BCUT2D eigenvalue weighted by Crippen LogP contribution is 2.31. The van der Waals surface area contributed by atoms with E-state index in [1.54, 1.807) is 0 Å².